The Morgan fingerprint density at radius 3 is 2.14 bits per heavy atom. The number of nitrogens with two attached hydrogens (primary N) is 1. The second-order valence-corrected chi connectivity index (χ2v) is 7.61. The van der Waals surface area contributed by atoms with Gasteiger partial charge in [-0.2, -0.15) is 0 Å². The van der Waals surface area contributed by atoms with Gasteiger partial charge in [-0.3, -0.25) is 4.90 Å². The Hall–Kier alpha value is -1.11. The molecule has 1 fully saturated rings. The molecule has 1 aromatic rings. The zero-order valence-corrected chi connectivity index (χ0v) is 13.6. The lowest BCUT2D eigenvalue weighted by molar-refractivity contribution is 0.243. The van der Waals surface area contributed by atoms with Gasteiger partial charge in [0.2, 0.25) is 10.0 Å². The molecule has 1 aliphatic rings. The first kappa shape index (κ1) is 16.3. The number of rotatable bonds is 5. The van der Waals surface area contributed by atoms with E-state index in [-0.39, 0.29) is 4.90 Å². The second kappa shape index (κ2) is 6.77. The van der Waals surface area contributed by atoms with Crippen molar-refractivity contribution in [2.24, 2.45) is 11.1 Å². The molecule has 0 atom stereocenters. The third-order valence-corrected chi connectivity index (χ3v) is 4.85. The molecule has 21 heavy (non-hydrogen) atoms. The Morgan fingerprint density at radius 2 is 1.67 bits per heavy atom. The van der Waals surface area contributed by atoms with Gasteiger partial charge in [0.1, 0.15) is 0 Å². The van der Waals surface area contributed by atoms with E-state index in [0.717, 1.165) is 44.3 Å². The molecule has 0 saturated carbocycles. The van der Waals surface area contributed by atoms with E-state index in [9.17, 15) is 8.42 Å². The number of hydrogen-bond acceptors (Lipinski definition) is 4. The van der Waals surface area contributed by atoms with E-state index in [0.29, 0.717) is 0 Å². The van der Waals surface area contributed by atoms with Crippen LogP contribution >= 0.6 is 0 Å². The predicted molar refractivity (Wildman–Crippen MR) is 85.9 cm³/mol. The van der Waals surface area contributed by atoms with Crippen molar-refractivity contribution in [1.29, 1.82) is 0 Å². The Kier molecular flexibility index (Phi) is 5.24. The Bertz CT molecular complexity index is 547. The molecule has 1 heterocycles. The zero-order valence-electron chi connectivity index (χ0n) is 12.8. The van der Waals surface area contributed by atoms with Crippen LogP contribution in [-0.2, 0) is 10.0 Å². The molecule has 118 valence electrons. The molecule has 0 aromatic heterocycles. The standard InChI is InChI=1S/C15H25N3O2S/c1-13(2)7-8-17-9-11-18(12-10-17)14-3-5-15(6-4-14)21(16,19)20/h3-6,13H,7-12H2,1-2H3,(H2,16,19,20). The normalized spacial score (nSPS) is 17.4. The Balaban J connectivity index is 1.90. The molecule has 1 saturated heterocycles. The molecule has 0 spiro atoms. The number of sulfonamides is 1. The molecule has 5 nitrogen and oxygen atoms in total. The summed E-state index contributed by atoms with van der Waals surface area (Å²) in [5.74, 6) is 0.744. The van der Waals surface area contributed by atoms with Crippen LogP contribution in [0.2, 0.25) is 0 Å². The first-order valence-electron chi connectivity index (χ1n) is 7.46. The minimum absolute atomic E-state index is 0.168. The quantitative estimate of drug-likeness (QED) is 0.895. The lowest BCUT2D eigenvalue weighted by Gasteiger charge is -2.36. The SMILES string of the molecule is CC(C)CCN1CCN(c2ccc(S(N)(=O)=O)cc2)CC1. The number of anilines is 1. The topological polar surface area (TPSA) is 66.6 Å². The number of primary sulfonamides is 1. The van der Waals surface area contributed by atoms with Crippen LogP contribution in [0, 0.1) is 5.92 Å². The van der Waals surface area contributed by atoms with Crippen LogP contribution in [0.5, 0.6) is 0 Å². The highest BCUT2D eigenvalue weighted by atomic mass is 32.2. The molecule has 0 aliphatic carbocycles. The fraction of sp³-hybridized carbons (Fsp3) is 0.600. The molecule has 6 heteroatoms. The summed E-state index contributed by atoms with van der Waals surface area (Å²) in [5.41, 5.74) is 1.06. The van der Waals surface area contributed by atoms with Gasteiger partial charge in [-0.25, -0.2) is 13.6 Å². The molecule has 2 N–H and O–H groups in total. The van der Waals surface area contributed by atoms with Gasteiger partial charge in [0.25, 0.3) is 0 Å². The van der Waals surface area contributed by atoms with Gasteiger partial charge in [0.05, 0.1) is 4.90 Å². The predicted octanol–water partition coefficient (Wildman–Crippen LogP) is 1.50. The summed E-state index contributed by atoms with van der Waals surface area (Å²) < 4.78 is 22.5. The van der Waals surface area contributed by atoms with E-state index in [2.05, 4.69) is 23.6 Å². The van der Waals surface area contributed by atoms with E-state index in [1.54, 1.807) is 12.1 Å². The summed E-state index contributed by atoms with van der Waals surface area (Å²) >= 11 is 0. The third-order valence-electron chi connectivity index (χ3n) is 3.93. The minimum atomic E-state index is -3.60. The van der Waals surface area contributed by atoms with E-state index in [4.69, 9.17) is 5.14 Å². The van der Waals surface area contributed by atoms with Gasteiger partial charge >= 0.3 is 0 Å². The lowest BCUT2D eigenvalue weighted by atomic mass is 10.1. The van der Waals surface area contributed by atoms with Crippen LogP contribution in [0.3, 0.4) is 0 Å². The maximum atomic E-state index is 11.2. The van der Waals surface area contributed by atoms with E-state index >= 15 is 0 Å². The average Bonchev–Trinajstić information content (AvgIpc) is 2.45. The van der Waals surface area contributed by atoms with Crippen molar-refractivity contribution in [3.05, 3.63) is 24.3 Å². The smallest absolute Gasteiger partial charge is 0.238 e. The van der Waals surface area contributed by atoms with Crippen LogP contribution in [0.1, 0.15) is 20.3 Å². The highest BCUT2D eigenvalue weighted by molar-refractivity contribution is 7.89. The van der Waals surface area contributed by atoms with Gasteiger partial charge in [0, 0.05) is 31.9 Å². The van der Waals surface area contributed by atoms with Crippen LogP contribution in [0.15, 0.2) is 29.2 Å². The van der Waals surface area contributed by atoms with Crippen molar-refractivity contribution in [2.75, 3.05) is 37.6 Å². The summed E-state index contributed by atoms with van der Waals surface area (Å²) in [4.78, 5) is 4.95. The largest absolute Gasteiger partial charge is 0.369 e. The van der Waals surface area contributed by atoms with Gasteiger partial charge in [0.15, 0.2) is 0 Å². The zero-order chi connectivity index (χ0) is 15.5. The van der Waals surface area contributed by atoms with E-state index in [1.165, 1.54) is 6.42 Å². The molecule has 0 radical (unpaired) electrons. The molecule has 2 rings (SSSR count). The third kappa shape index (κ3) is 4.69. The second-order valence-electron chi connectivity index (χ2n) is 6.05. The van der Waals surface area contributed by atoms with Crippen LogP contribution < -0.4 is 10.0 Å². The molecular formula is C15H25N3O2S. The van der Waals surface area contributed by atoms with Crippen molar-refractivity contribution < 1.29 is 8.42 Å². The number of piperazine rings is 1. The van der Waals surface area contributed by atoms with Gasteiger partial charge < -0.3 is 4.90 Å². The van der Waals surface area contributed by atoms with Crippen molar-refractivity contribution in [1.82, 2.24) is 4.90 Å². The maximum absolute atomic E-state index is 11.2. The van der Waals surface area contributed by atoms with Gasteiger partial charge in [-0.05, 0) is 43.1 Å². The average molecular weight is 311 g/mol. The van der Waals surface area contributed by atoms with Crippen LogP contribution in [-0.4, -0.2) is 46.0 Å². The minimum Gasteiger partial charge on any atom is -0.369 e. The summed E-state index contributed by atoms with van der Waals surface area (Å²) in [7, 11) is -3.60. The number of benzene rings is 1. The van der Waals surface area contributed by atoms with Crippen molar-refractivity contribution in [3.8, 4) is 0 Å². The lowest BCUT2D eigenvalue weighted by Crippen LogP contribution is -2.46. The monoisotopic (exact) mass is 311 g/mol. The van der Waals surface area contributed by atoms with Crippen LogP contribution in [0.4, 0.5) is 5.69 Å². The first-order valence-corrected chi connectivity index (χ1v) is 9.01. The van der Waals surface area contributed by atoms with Crippen molar-refractivity contribution in [2.45, 2.75) is 25.2 Å². The Morgan fingerprint density at radius 1 is 1.10 bits per heavy atom. The fourth-order valence-corrected chi connectivity index (χ4v) is 3.03. The summed E-state index contributed by atoms with van der Waals surface area (Å²) in [6, 6.07) is 6.83. The first-order chi connectivity index (χ1) is 9.86. The van der Waals surface area contributed by atoms with Crippen molar-refractivity contribution in [3.63, 3.8) is 0 Å². The molecule has 1 aromatic carbocycles. The summed E-state index contributed by atoms with van der Waals surface area (Å²) in [5, 5.41) is 5.11. The van der Waals surface area contributed by atoms with Gasteiger partial charge in [-0.1, -0.05) is 13.8 Å². The number of nitrogens with zero attached hydrogens (tertiary/aromatic N) is 2. The molecule has 0 amide bonds. The molecular weight excluding hydrogens is 286 g/mol. The highest BCUT2D eigenvalue weighted by Gasteiger charge is 2.17. The maximum Gasteiger partial charge on any atom is 0.238 e. The Labute approximate surface area is 127 Å². The van der Waals surface area contributed by atoms with Crippen LogP contribution in [0.25, 0.3) is 0 Å². The van der Waals surface area contributed by atoms with E-state index in [1.807, 2.05) is 12.1 Å². The van der Waals surface area contributed by atoms with Gasteiger partial charge in [-0.15, -0.1) is 0 Å². The molecule has 0 unspecified atom stereocenters. The summed E-state index contributed by atoms with van der Waals surface area (Å²) in [6.45, 7) is 9.75. The number of hydrogen-bond donors (Lipinski definition) is 1. The molecule has 1 aliphatic heterocycles. The summed E-state index contributed by atoms with van der Waals surface area (Å²) in [6.07, 6.45) is 1.24. The highest BCUT2D eigenvalue weighted by Crippen LogP contribution is 2.19. The molecule has 0 bridgehead atoms. The van der Waals surface area contributed by atoms with Crippen molar-refractivity contribution >= 4 is 15.7 Å². The fourth-order valence-electron chi connectivity index (χ4n) is 2.52. The van der Waals surface area contributed by atoms with E-state index < -0.39 is 10.0 Å².